The molecule has 118 valence electrons. The van der Waals surface area contributed by atoms with E-state index >= 15 is 0 Å². The zero-order chi connectivity index (χ0) is 15.2. The average molecular weight is 306 g/mol. The summed E-state index contributed by atoms with van der Waals surface area (Å²) in [4.78, 5) is 14.1. The Morgan fingerprint density at radius 3 is 2.65 bits per heavy atom. The molecule has 0 aromatic carbocycles. The molecule has 1 fully saturated rings. The largest absolute Gasteiger partial charge is 0.396 e. The van der Waals surface area contributed by atoms with Crippen LogP contribution in [0.2, 0.25) is 0 Å². The highest BCUT2D eigenvalue weighted by Gasteiger charge is 2.39. The van der Waals surface area contributed by atoms with E-state index in [1.165, 1.54) is 4.31 Å². The second-order valence-corrected chi connectivity index (χ2v) is 7.12. The molecule has 20 heavy (non-hydrogen) atoms. The highest BCUT2D eigenvalue weighted by atomic mass is 32.2. The van der Waals surface area contributed by atoms with Crippen molar-refractivity contribution >= 4 is 15.9 Å². The minimum Gasteiger partial charge on any atom is -0.396 e. The Labute approximate surface area is 121 Å². The van der Waals surface area contributed by atoms with Crippen LogP contribution in [0.1, 0.15) is 39.5 Å². The minimum absolute atomic E-state index is 0.0340. The Morgan fingerprint density at radius 2 is 2.10 bits per heavy atom. The van der Waals surface area contributed by atoms with Gasteiger partial charge in [0.15, 0.2) is 0 Å². The van der Waals surface area contributed by atoms with E-state index in [0.29, 0.717) is 38.9 Å². The van der Waals surface area contributed by atoms with Crippen LogP contribution in [0.25, 0.3) is 0 Å². The molecular weight excluding hydrogens is 280 g/mol. The summed E-state index contributed by atoms with van der Waals surface area (Å²) in [5, 5.41) is 8.86. The zero-order valence-corrected chi connectivity index (χ0v) is 13.2. The molecule has 1 saturated heterocycles. The van der Waals surface area contributed by atoms with Gasteiger partial charge in [-0.15, -0.1) is 0 Å². The molecule has 1 rings (SSSR count). The van der Waals surface area contributed by atoms with Crippen molar-refractivity contribution in [1.82, 2.24) is 9.21 Å². The van der Waals surface area contributed by atoms with Gasteiger partial charge in [-0.3, -0.25) is 4.79 Å². The number of aliphatic hydroxyl groups is 1. The van der Waals surface area contributed by atoms with Gasteiger partial charge in [0.25, 0.3) is 0 Å². The molecular formula is C13H26N2O4S. The molecule has 0 aliphatic carbocycles. The molecule has 1 unspecified atom stereocenters. The molecule has 6 nitrogen and oxygen atoms in total. The fourth-order valence-corrected chi connectivity index (χ4v) is 4.33. The van der Waals surface area contributed by atoms with E-state index in [0.717, 1.165) is 6.42 Å². The number of sulfonamides is 1. The van der Waals surface area contributed by atoms with Crippen LogP contribution in [-0.2, 0) is 14.8 Å². The van der Waals surface area contributed by atoms with Gasteiger partial charge in [-0.1, -0.05) is 6.92 Å². The molecule has 0 aromatic heterocycles. The van der Waals surface area contributed by atoms with Crippen LogP contribution in [-0.4, -0.2) is 66.7 Å². The minimum atomic E-state index is -3.33. The Balaban J connectivity index is 2.80. The molecule has 0 saturated carbocycles. The summed E-state index contributed by atoms with van der Waals surface area (Å²) in [6, 6.07) is -0.551. The third-order valence-corrected chi connectivity index (χ3v) is 5.66. The van der Waals surface area contributed by atoms with E-state index in [2.05, 4.69) is 0 Å². The van der Waals surface area contributed by atoms with Crippen molar-refractivity contribution in [3.8, 4) is 0 Å². The van der Waals surface area contributed by atoms with Crippen molar-refractivity contribution in [2.45, 2.75) is 45.6 Å². The summed E-state index contributed by atoms with van der Waals surface area (Å²) in [7, 11) is -3.33. The topological polar surface area (TPSA) is 77.9 Å². The number of amides is 1. The van der Waals surface area contributed by atoms with Gasteiger partial charge in [-0.2, -0.15) is 4.31 Å². The molecule has 0 spiro atoms. The van der Waals surface area contributed by atoms with Crippen molar-refractivity contribution in [2.75, 3.05) is 32.0 Å². The molecule has 1 N–H and O–H groups in total. The van der Waals surface area contributed by atoms with Crippen molar-refractivity contribution < 1.29 is 18.3 Å². The van der Waals surface area contributed by atoms with E-state index in [9.17, 15) is 13.2 Å². The van der Waals surface area contributed by atoms with Gasteiger partial charge in [-0.25, -0.2) is 8.42 Å². The molecule has 0 radical (unpaired) electrons. The Hall–Kier alpha value is -0.660. The van der Waals surface area contributed by atoms with Crippen LogP contribution in [0.4, 0.5) is 0 Å². The smallest absolute Gasteiger partial charge is 0.241 e. The fourth-order valence-electron chi connectivity index (χ4n) is 2.59. The van der Waals surface area contributed by atoms with E-state index in [-0.39, 0.29) is 18.3 Å². The molecule has 1 amide bonds. The quantitative estimate of drug-likeness (QED) is 0.705. The van der Waals surface area contributed by atoms with E-state index in [1.807, 2.05) is 13.8 Å². The van der Waals surface area contributed by atoms with Gasteiger partial charge < -0.3 is 10.0 Å². The summed E-state index contributed by atoms with van der Waals surface area (Å²) in [6.07, 6.45) is 2.41. The number of carbonyl (C=O) groups excluding carboxylic acids is 1. The van der Waals surface area contributed by atoms with Crippen molar-refractivity contribution in [1.29, 1.82) is 0 Å². The monoisotopic (exact) mass is 306 g/mol. The van der Waals surface area contributed by atoms with Crippen LogP contribution < -0.4 is 0 Å². The van der Waals surface area contributed by atoms with Gasteiger partial charge in [0, 0.05) is 26.2 Å². The molecule has 1 aliphatic heterocycles. The summed E-state index contributed by atoms with van der Waals surface area (Å²) in [5.41, 5.74) is 0. The fraction of sp³-hybridized carbons (Fsp3) is 0.923. The van der Waals surface area contributed by atoms with Gasteiger partial charge in [0.2, 0.25) is 15.9 Å². The predicted octanol–water partition coefficient (Wildman–Crippen LogP) is 0.422. The van der Waals surface area contributed by atoms with Gasteiger partial charge >= 0.3 is 0 Å². The summed E-state index contributed by atoms with van der Waals surface area (Å²) < 4.78 is 25.8. The second kappa shape index (κ2) is 7.95. The molecule has 0 bridgehead atoms. The third kappa shape index (κ3) is 4.17. The predicted molar refractivity (Wildman–Crippen MR) is 77.8 cm³/mol. The number of hydrogen-bond donors (Lipinski definition) is 1. The highest BCUT2D eigenvalue weighted by Crippen LogP contribution is 2.23. The lowest BCUT2D eigenvalue weighted by Crippen LogP contribution is -2.48. The number of aliphatic hydroxyl groups excluding tert-OH is 1. The van der Waals surface area contributed by atoms with E-state index < -0.39 is 16.1 Å². The molecule has 1 atom stereocenters. The summed E-state index contributed by atoms with van der Waals surface area (Å²) >= 11 is 0. The Bertz CT molecular complexity index is 411. The summed E-state index contributed by atoms with van der Waals surface area (Å²) in [5.74, 6) is -0.0300. The van der Waals surface area contributed by atoms with E-state index in [4.69, 9.17) is 5.11 Å². The molecule has 7 heteroatoms. The Morgan fingerprint density at radius 1 is 1.40 bits per heavy atom. The number of likely N-dealkylation sites (N-methyl/N-ethyl adjacent to an activating group) is 1. The second-order valence-electron chi connectivity index (χ2n) is 5.08. The number of nitrogens with zero attached hydrogens (tertiary/aromatic N) is 2. The third-order valence-electron chi connectivity index (χ3n) is 3.59. The zero-order valence-electron chi connectivity index (χ0n) is 12.4. The first-order valence-electron chi connectivity index (χ1n) is 7.37. The van der Waals surface area contributed by atoms with Crippen LogP contribution in [0.3, 0.4) is 0 Å². The lowest BCUT2D eigenvalue weighted by Gasteiger charge is -2.29. The van der Waals surface area contributed by atoms with Crippen LogP contribution in [0, 0.1) is 0 Å². The first-order valence-corrected chi connectivity index (χ1v) is 8.98. The first-order chi connectivity index (χ1) is 9.47. The molecule has 1 aliphatic rings. The van der Waals surface area contributed by atoms with Crippen LogP contribution in [0.5, 0.6) is 0 Å². The average Bonchev–Trinajstić information content (AvgIpc) is 2.89. The van der Waals surface area contributed by atoms with Crippen molar-refractivity contribution in [3.05, 3.63) is 0 Å². The maximum absolute atomic E-state index is 12.5. The van der Waals surface area contributed by atoms with Crippen molar-refractivity contribution in [3.63, 3.8) is 0 Å². The highest BCUT2D eigenvalue weighted by molar-refractivity contribution is 7.89. The standard InChI is InChI=1S/C13H26N2O4S/c1-3-11-20(18,19)15-9-5-7-12(15)13(17)14(4-2)8-6-10-16/h12,16H,3-11H2,1-2H3. The van der Waals surface area contributed by atoms with Crippen LogP contribution in [0.15, 0.2) is 0 Å². The van der Waals surface area contributed by atoms with E-state index in [1.54, 1.807) is 4.90 Å². The SMILES string of the molecule is CCCS(=O)(=O)N1CCCC1C(=O)N(CC)CCCO. The maximum Gasteiger partial charge on any atom is 0.241 e. The van der Waals surface area contributed by atoms with Crippen LogP contribution >= 0.6 is 0 Å². The molecule has 1 heterocycles. The number of carbonyl (C=O) groups is 1. The van der Waals surface area contributed by atoms with Gasteiger partial charge in [0.1, 0.15) is 6.04 Å². The molecule has 0 aromatic rings. The Kier molecular flexibility index (Phi) is 6.91. The first kappa shape index (κ1) is 17.4. The van der Waals surface area contributed by atoms with Gasteiger partial charge in [-0.05, 0) is 32.6 Å². The summed E-state index contributed by atoms with van der Waals surface area (Å²) in [6.45, 7) is 5.18. The lowest BCUT2D eigenvalue weighted by atomic mass is 10.2. The van der Waals surface area contributed by atoms with Gasteiger partial charge in [0.05, 0.1) is 5.75 Å². The normalized spacial score (nSPS) is 20.2. The number of hydrogen-bond acceptors (Lipinski definition) is 4. The lowest BCUT2D eigenvalue weighted by molar-refractivity contribution is -0.134. The number of rotatable bonds is 8. The maximum atomic E-state index is 12.5. The van der Waals surface area contributed by atoms with Crippen molar-refractivity contribution in [2.24, 2.45) is 0 Å².